The van der Waals surface area contributed by atoms with E-state index >= 15 is 0 Å². The zero-order valence-corrected chi connectivity index (χ0v) is 16.7. The van der Waals surface area contributed by atoms with Gasteiger partial charge in [0, 0.05) is 11.6 Å². The summed E-state index contributed by atoms with van der Waals surface area (Å²) in [5, 5.41) is 0. The lowest BCUT2D eigenvalue weighted by molar-refractivity contribution is 0.0474. The monoisotopic (exact) mass is 401 g/mol. The van der Waals surface area contributed by atoms with Crippen LogP contribution in [0, 0.1) is 0 Å². The Morgan fingerprint density at radius 1 is 1.07 bits per heavy atom. The molecule has 1 N–H and O–H groups in total. The van der Waals surface area contributed by atoms with Crippen molar-refractivity contribution in [3.05, 3.63) is 65.2 Å². The van der Waals surface area contributed by atoms with E-state index in [4.69, 9.17) is 4.74 Å². The first kappa shape index (κ1) is 20.2. The molecule has 0 atom stereocenters. The van der Waals surface area contributed by atoms with Crippen LogP contribution in [-0.4, -0.2) is 32.8 Å². The second kappa shape index (κ2) is 8.24. The van der Waals surface area contributed by atoms with Crippen LogP contribution in [0.4, 0.5) is 0 Å². The molecule has 0 amide bonds. The van der Waals surface area contributed by atoms with Crippen molar-refractivity contribution in [2.75, 3.05) is 6.61 Å². The first-order valence-electron chi connectivity index (χ1n) is 9.19. The van der Waals surface area contributed by atoms with Crippen molar-refractivity contribution < 1.29 is 22.7 Å². The number of esters is 1. The van der Waals surface area contributed by atoms with Crippen molar-refractivity contribution in [3.8, 4) is 0 Å². The minimum absolute atomic E-state index is 0.00412. The molecule has 0 aromatic heterocycles. The number of nitrogens with one attached hydrogen (secondary N) is 1. The molecule has 0 saturated heterocycles. The van der Waals surface area contributed by atoms with Crippen LogP contribution in [0.2, 0.25) is 0 Å². The molecule has 7 heteroatoms. The minimum atomic E-state index is -3.66. The van der Waals surface area contributed by atoms with Crippen LogP contribution >= 0.6 is 0 Å². The van der Waals surface area contributed by atoms with Gasteiger partial charge in [-0.3, -0.25) is 4.79 Å². The van der Waals surface area contributed by atoms with Crippen molar-refractivity contribution in [3.63, 3.8) is 0 Å². The Kier molecular flexibility index (Phi) is 5.96. The maximum atomic E-state index is 12.3. The molecule has 0 aliphatic heterocycles. The number of ketones is 1. The standard InChI is InChI=1S/C21H23NO5S/c1-14(2)15-6-8-16(9-7-15)20(23)13-27-21(24)17-4-3-5-19(12-17)28(25,26)22-18-10-11-18/h3-9,12,14,18,22H,10-11,13H2,1-2H3. The molecule has 2 aromatic rings. The Morgan fingerprint density at radius 2 is 1.75 bits per heavy atom. The van der Waals surface area contributed by atoms with Gasteiger partial charge in [0.05, 0.1) is 10.5 Å². The van der Waals surface area contributed by atoms with E-state index in [1.165, 1.54) is 24.3 Å². The highest BCUT2D eigenvalue weighted by Gasteiger charge is 2.28. The predicted molar refractivity (Wildman–Crippen MR) is 105 cm³/mol. The highest BCUT2D eigenvalue weighted by molar-refractivity contribution is 7.89. The normalized spacial score (nSPS) is 14.1. The summed E-state index contributed by atoms with van der Waals surface area (Å²) in [6.07, 6.45) is 1.64. The van der Waals surface area contributed by atoms with E-state index in [2.05, 4.69) is 18.6 Å². The second-order valence-corrected chi connectivity index (χ2v) is 8.91. The summed E-state index contributed by atoms with van der Waals surface area (Å²) in [6, 6.07) is 12.8. The largest absolute Gasteiger partial charge is 0.454 e. The average Bonchev–Trinajstić information content (AvgIpc) is 3.49. The van der Waals surface area contributed by atoms with Crippen LogP contribution in [0.15, 0.2) is 53.4 Å². The van der Waals surface area contributed by atoms with Gasteiger partial charge >= 0.3 is 5.97 Å². The highest BCUT2D eigenvalue weighted by Crippen LogP contribution is 2.22. The summed E-state index contributed by atoms with van der Waals surface area (Å²) >= 11 is 0. The smallest absolute Gasteiger partial charge is 0.338 e. The number of hydrogen-bond donors (Lipinski definition) is 1. The molecule has 3 rings (SSSR count). The summed E-state index contributed by atoms with van der Waals surface area (Å²) in [5.41, 5.74) is 1.66. The van der Waals surface area contributed by atoms with Crippen LogP contribution in [-0.2, 0) is 14.8 Å². The Bertz CT molecular complexity index is 976. The molecule has 2 aromatic carbocycles. The van der Waals surface area contributed by atoms with E-state index in [-0.39, 0.29) is 22.3 Å². The summed E-state index contributed by atoms with van der Waals surface area (Å²) in [5.74, 6) is -0.696. The fourth-order valence-electron chi connectivity index (χ4n) is 2.63. The molecule has 148 valence electrons. The lowest BCUT2D eigenvalue weighted by Gasteiger charge is -2.09. The summed E-state index contributed by atoms with van der Waals surface area (Å²) in [6.45, 7) is 3.72. The third kappa shape index (κ3) is 5.05. The Hall–Kier alpha value is -2.51. The molecule has 1 fully saturated rings. The fraction of sp³-hybridized carbons (Fsp3) is 0.333. The second-order valence-electron chi connectivity index (χ2n) is 7.20. The maximum absolute atomic E-state index is 12.3. The summed E-state index contributed by atoms with van der Waals surface area (Å²) in [4.78, 5) is 24.5. The Balaban J connectivity index is 1.63. The topological polar surface area (TPSA) is 89.5 Å². The van der Waals surface area contributed by atoms with Gasteiger partial charge in [0.1, 0.15) is 0 Å². The number of carbonyl (C=O) groups excluding carboxylic acids is 2. The van der Waals surface area contributed by atoms with Crippen LogP contribution < -0.4 is 4.72 Å². The molecule has 0 heterocycles. The van der Waals surface area contributed by atoms with Crippen LogP contribution in [0.3, 0.4) is 0 Å². The van der Waals surface area contributed by atoms with Crippen molar-refractivity contribution >= 4 is 21.8 Å². The van der Waals surface area contributed by atoms with Crippen molar-refractivity contribution in [2.24, 2.45) is 0 Å². The SMILES string of the molecule is CC(C)c1ccc(C(=O)COC(=O)c2cccc(S(=O)(=O)NC3CC3)c2)cc1. The zero-order valence-electron chi connectivity index (χ0n) is 15.8. The molecule has 0 unspecified atom stereocenters. The third-order valence-electron chi connectivity index (χ3n) is 4.51. The first-order chi connectivity index (χ1) is 13.3. The lowest BCUT2D eigenvalue weighted by atomic mass is 10.0. The molecule has 1 saturated carbocycles. The van der Waals surface area contributed by atoms with E-state index in [1.54, 1.807) is 12.1 Å². The number of sulfonamides is 1. The number of rotatable bonds is 8. The number of ether oxygens (including phenoxy) is 1. The molecule has 0 radical (unpaired) electrons. The van der Waals surface area contributed by atoms with Gasteiger partial charge in [0.15, 0.2) is 12.4 Å². The van der Waals surface area contributed by atoms with Gasteiger partial charge in [-0.15, -0.1) is 0 Å². The van der Waals surface area contributed by atoms with Gasteiger partial charge in [0.25, 0.3) is 0 Å². The number of carbonyl (C=O) groups is 2. The van der Waals surface area contributed by atoms with E-state index in [0.717, 1.165) is 18.4 Å². The lowest BCUT2D eigenvalue weighted by Crippen LogP contribution is -2.26. The number of hydrogen-bond acceptors (Lipinski definition) is 5. The predicted octanol–water partition coefficient (Wildman–Crippen LogP) is 3.29. The highest BCUT2D eigenvalue weighted by atomic mass is 32.2. The van der Waals surface area contributed by atoms with Gasteiger partial charge in [-0.25, -0.2) is 17.9 Å². The summed E-state index contributed by atoms with van der Waals surface area (Å²) in [7, 11) is -3.66. The average molecular weight is 401 g/mol. The molecule has 0 bridgehead atoms. The van der Waals surface area contributed by atoms with E-state index in [1.807, 2.05) is 12.1 Å². The minimum Gasteiger partial charge on any atom is -0.454 e. The van der Waals surface area contributed by atoms with E-state index in [0.29, 0.717) is 11.5 Å². The molecule has 6 nitrogen and oxygen atoms in total. The van der Waals surface area contributed by atoms with Crippen LogP contribution in [0.1, 0.15) is 58.9 Å². The molecular weight excluding hydrogens is 378 g/mol. The zero-order chi connectivity index (χ0) is 20.3. The van der Waals surface area contributed by atoms with Gasteiger partial charge in [-0.2, -0.15) is 0 Å². The summed E-state index contributed by atoms with van der Waals surface area (Å²) < 4.78 is 32.2. The Labute approximate surface area is 165 Å². The van der Waals surface area contributed by atoms with Crippen molar-refractivity contribution in [1.29, 1.82) is 0 Å². The Morgan fingerprint density at radius 3 is 2.36 bits per heavy atom. The quantitative estimate of drug-likeness (QED) is 0.542. The van der Waals surface area contributed by atoms with E-state index < -0.39 is 22.6 Å². The van der Waals surface area contributed by atoms with Crippen LogP contribution in [0.5, 0.6) is 0 Å². The number of Topliss-reactive ketones (excluding diaryl/α,β-unsaturated/α-hetero) is 1. The van der Waals surface area contributed by atoms with Crippen LogP contribution in [0.25, 0.3) is 0 Å². The van der Waals surface area contributed by atoms with Gasteiger partial charge in [0.2, 0.25) is 10.0 Å². The van der Waals surface area contributed by atoms with Gasteiger partial charge in [-0.05, 0) is 42.5 Å². The van der Waals surface area contributed by atoms with Gasteiger partial charge < -0.3 is 4.74 Å². The molecule has 28 heavy (non-hydrogen) atoms. The molecule has 0 spiro atoms. The first-order valence-corrected chi connectivity index (χ1v) is 10.7. The fourth-order valence-corrected chi connectivity index (χ4v) is 3.98. The molecule has 1 aliphatic carbocycles. The molecule has 1 aliphatic rings. The van der Waals surface area contributed by atoms with Crippen molar-refractivity contribution in [2.45, 2.75) is 43.5 Å². The van der Waals surface area contributed by atoms with E-state index in [9.17, 15) is 18.0 Å². The third-order valence-corrected chi connectivity index (χ3v) is 6.03. The molecular formula is C21H23NO5S. The van der Waals surface area contributed by atoms with Gasteiger partial charge in [-0.1, -0.05) is 44.2 Å². The maximum Gasteiger partial charge on any atom is 0.338 e. The number of benzene rings is 2. The van der Waals surface area contributed by atoms with Crippen molar-refractivity contribution in [1.82, 2.24) is 4.72 Å².